The van der Waals surface area contributed by atoms with Crippen LogP contribution in [0, 0.1) is 0 Å². The molecule has 4 heavy (non-hydrogen) atoms. The first-order valence-corrected chi connectivity index (χ1v) is 1.89. The maximum Gasteiger partial charge on any atom is 0.113 e. The van der Waals surface area contributed by atoms with E-state index in [0.29, 0.717) is 0 Å². The Kier molecular flexibility index (Phi) is 0.320. The van der Waals surface area contributed by atoms with Crippen molar-refractivity contribution in [2.45, 2.75) is 12.0 Å². The van der Waals surface area contributed by atoms with Crippen LogP contribution in [-0.4, -0.2) is 15.1 Å². The van der Waals surface area contributed by atoms with Gasteiger partial charge in [0.05, 0.1) is 7.85 Å². The maximum absolute atomic E-state index is 2.28. The van der Waals surface area contributed by atoms with E-state index in [1.807, 2.05) is 0 Å². The van der Waals surface area contributed by atoms with Crippen LogP contribution in [-0.2, 0) is 0 Å². The van der Waals surface area contributed by atoms with E-state index < -0.39 is 0 Å². The molecule has 1 unspecified atom stereocenters. The molecule has 20 valence electrons. The zero-order valence-corrected chi connectivity index (χ0v) is 2.99. The Bertz CT molecular complexity index is 23.2. The van der Waals surface area contributed by atoms with Crippen molar-refractivity contribution in [1.82, 2.24) is 0 Å². The minimum Gasteiger partial charge on any atom is -0.0994 e. The van der Waals surface area contributed by atoms with E-state index in [1.54, 1.807) is 0 Å². The molecule has 0 aromatic heterocycles. The van der Waals surface area contributed by atoms with Gasteiger partial charge in [0.1, 0.15) is 7.28 Å². The van der Waals surface area contributed by atoms with Gasteiger partial charge >= 0.3 is 0 Å². The SMILES string of the molecule is BC1BC1. The third-order valence-corrected chi connectivity index (χ3v) is 0.866. The largest absolute Gasteiger partial charge is 0.113 e. The Hall–Kier alpha value is 0.130. The summed E-state index contributed by atoms with van der Waals surface area (Å²) in [4.78, 5) is 0. The Morgan fingerprint density at radius 1 is 2.00 bits per heavy atom. The molecular formula is C2H6B2. The summed E-state index contributed by atoms with van der Waals surface area (Å²) in [7, 11) is 3.76. The van der Waals surface area contributed by atoms with Gasteiger partial charge in [-0.15, -0.1) is 0 Å². The molecule has 0 nitrogen and oxygen atoms in total. The molecule has 0 radical (unpaired) electrons. The molecule has 1 rings (SSSR count). The van der Waals surface area contributed by atoms with Gasteiger partial charge in [0.15, 0.2) is 0 Å². The van der Waals surface area contributed by atoms with Gasteiger partial charge in [0.2, 0.25) is 0 Å². The van der Waals surface area contributed by atoms with Crippen LogP contribution >= 0.6 is 0 Å². The Morgan fingerprint density at radius 3 is 2.25 bits per heavy atom. The topological polar surface area (TPSA) is 0 Å². The fourth-order valence-electron chi connectivity index (χ4n) is 0.167. The smallest absolute Gasteiger partial charge is 0.0994 e. The second-order valence-corrected chi connectivity index (χ2v) is 1.68. The zero-order chi connectivity index (χ0) is 2.99. The first kappa shape index (κ1) is 2.37. The van der Waals surface area contributed by atoms with Crippen molar-refractivity contribution in [2.24, 2.45) is 0 Å². The monoisotopic (exact) mass is 52.1 g/mol. The molecule has 0 aromatic rings. The van der Waals surface area contributed by atoms with Crippen LogP contribution in [0.15, 0.2) is 0 Å². The second-order valence-electron chi connectivity index (χ2n) is 1.68. The summed E-state index contributed by atoms with van der Waals surface area (Å²) in [5.41, 5.74) is 1.08. The molecule has 1 fully saturated rings. The van der Waals surface area contributed by atoms with Gasteiger partial charge in [0.25, 0.3) is 0 Å². The number of hydrogen-bond acceptors (Lipinski definition) is 0. The molecule has 0 spiro atoms. The highest BCUT2D eigenvalue weighted by molar-refractivity contribution is 6.63. The minimum absolute atomic E-state index is 1.08. The minimum atomic E-state index is 1.08. The van der Waals surface area contributed by atoms with Gasteiger partial charge in [0, 0.05) is 0 Å². The van der Waals surface area contributed by atoms with Crippen molar-refractivity contribution in [3.05, 3.63) is 0 Å². The molecule has 0 aromatic carbocycles. The molecule has 1 aliphatic rings. The van der Waals surface area contributed by atoms with Crippen LogP contribution in [0.1, 0.15) is 0 Å². The molecule has 0 aliphatic carbocycles. The van der Waals surface area contributed by atoms with Crippen LogP contribution in [0.4, 0.5) is 0 Å². The predicted octanol–water partition coefficient (Wildman–Crippen LogP) is -0.766. The van der Waals surface area contributed by atoms with Crippen LogP contribution in [0.2, 0.25) is 12.0 Å². The average Bonchev–Trinajstić information content (AvgIpc) is 1.75. The third kappa shape index (κ3) is 0.278. The predicted molar refractivity (Wildman–Crippen MR) is 24.2 cm³/mol. The fourth-order valence-corrected chi connectivity index (χ4v) is 0.167. The molecule has 0 saturated carbocycles. The van der Waals surface area contributed by atoms with Crippen molar-refractivity contribution in [3.63, 3.8) is 0 Å². The zero-order valence-electron chi connectivity index (χ0n) is 2.99. The highest BCUT2D eigenvalue weighted by atomic mass is 13.8. The molecule has 1 saturated heterocycles. The summed E-state index contributed by atoms with van der Waals surface area (Å²) < 4.78 is 0. The first-order chi connectivity index (χ1) is 1.89. The van der Waals surface area contributed by atoms with Crippen molar-refractivity contribution in [1.29, 1.82) is 0 Å². The highest BCUT2D eigenvalue weighted by Crippen LogP contribution is 2.20. The van der Waals surface area contributed by atoms with E-state index in [1.165, 1.54) is 13.6 Å². The lowest BCUT2D eigenvalue weighted by Gasteiger charge is -1.52. The molecule has 1 aliphatic heterocycles. The number of rotatable bonds is 0. The molecule has 2 heteroatoms. The average molecular weight is 51.7 g/mol. The number of hydrogen-bond donors (Lipinski definition) is 0. The maximum atomic E-state index is 2.28. The van der Waals surface area contributed by atoms with Crippen LogP contribution < -0.4 is 0 Å². The first-order valence-electron chi connectivity index (χ1n) is 1.89. The van der Waals surface area contributed by atoms with Gasteiger partial charge in [-0.1, -0.05) is 12.0 Å². The summed E-state index contributed by atoms with van der Waals surface area (Å²) in [6, 6.07) is 0. The van der Waals surface area contributed by atoms with Crippen molar-refractivity contribution in [2.75, 3.05) is 0 Å². The van der Waals surface area contributed by atoms with E-state index >= 15 is 0 Å². The van der Waals surface area contributed by atoms with Crippen LogP contribution in [0.3, 0.4) is 0 Å². The van der Waals surface area contributed by atoms with Crippen LogP contribution in [0.5, 0.6) is 0 Å². The molecule has 0 bridgehead atoms. The lowest BCUT2D eigenvalue weighted by Crippen LogP contribution is -1.54. The van der Waals surface area contributed by atoms with Crippen molar-refractivity contribution >= 4 is 15.1 Å². The quantitative estimate of drug-likeness (QED) is 0.317. The van der Waals surface area contributed by atoms with Gasteiger partial charge < -0.3 is 0 Å². The van der Waals surface area contributed by atoms with E-state index in [-0.39, 0.29) is 0 Å². The third-order valence-electron chi connectivity index (χ3n) is 0.866. The Morgan fingerprint density at radius 2 is 2.25 bits per heavy atom. The van der Waals surface area contributed by atoms with E-state index in [4.69, 9.17) is 0 Å². The lowest BCUT2D eigenvalue weighted by atomic mass is 9.87. The summed E-state index contributed by atoms with van der Waals surface area (Å²) in [5.74, 6) is 0. The molecule has 0 amide bonds. The molecular weight excluding hydrogens is 45.6 g/mol. The normalized spacial score (nSPS) is 37.5. The summed E-state index contributed by atoms with van der Waals surface area (Å²) in [6.07, 6.45) is 1.49. The van der Waals surface area contributed by atoms with Gasteiger partial charge in [-0.25, -0.2) is 0 Å². The van der Waals surface area contributed by atoms with E-state index in [9.17, 15) is 0 Å². The second kappa shape index (κ2) is 0.540. The van der Waals surface area contributed by atoms with Crippen LogP contribution in [0.25, 0.3) is 0 Å². The lowest BCUT2D eigenvalue weighted by molar-refractivity contribution is 1.56. The van der Waals surface area contributed by atoms with Crippen molar-refractivity contribution < 1.29 is 0 Å². The summed E-state index contributed by atoms with van der Waals surface area (Å²) in [5, 5.41) is 0. The van der Waals surface area contributed by atoms with E-state index in [2.05, 4.69) is 7.85 Å². The molecule has 1 heterocycles. The summed E-state index contributed by atoms with van der Waals surface area (Å²) in [6.45, 7) is 0. The molecule has 1 atom stereocenters. The van der Waals surface area contributed by atoms with Gasteiger partial charge in [-0.2, -0.15) is 0 Å². The Labute approximate surface area is 28.2 Å². The van der Waals surface area contributed by atoms with E-state index in [0.717, 1.165) is 5.72 Å². The summed E-state index contributed by atoms with van der Waals surface area (Å²) >= 11 is 0. The van der Waals surface area contributed by atoms with Crippen molar-refractivity contribution in [3.8, 4) is 0 Å². The van der Waals surface area contributed by atoms with Gasteiger partial charge in [-0.05, 0) is 0 Å². The molecule has 0 N–H and O–H groups in total. The highest BCUT2D eigenvalue weighted by Gasteiger charge is 2.15. The Balaban J connectivity index is 2.17. The standard InChI is InChI=1S/C2H6B2/c3-2-1-4-2/h2,4H,1,3H2. The fraction of sp³-hybridized carbons (Fsp3) is 1.00. The van der Waals surface area contributed by atoms with Gasteiger partial charge in [-0.3, -0.25) is 0 Å².